The summed E-state index contributed by atoms with van der Waals surface area (Å²) in [4.78, 5) is 19.0. The van der Waals surface area contributed by atoms with Crippen molar-refractivity contribution in [3.63, 3.8) is 0 Å². The van der Waals surface area contributed by atoms with Crippen LogP contribution in [0.5, 0.6) is 11.5 Å². The van der Waals surface area contributed by atoms with E-state index < -0.39 is 0 Å². The van der Waals surface area contributed by atoms with Gasteiger partial charge < -0.3 is 14.4 Å². The molecule has 2 aliphatic heterocycles. The molecule has 0 radical (unpaired) electrons. The minimum Gasteiger partial charge on any atom is -0.454 e. The Morgan fingerprint density at radius 2 is 1.92 bits per heavy atom. The highest BCUT2D eigenvalue weighted by atomic mass is 32.2. The van der Waals surface area contributed by atoms with Crippen LogP contribution < -0.4 is 9.47 Å². The maximum Gasteiger partial charge on any atom is 0.232 e. The number of hydrogen-bond donors (Lipinski definition) is 0. The van der Waals surface area contributed by atoms with E-state index in [0.717, 1.165) is 58.9 Å². The highest BCUT2D eigenvalue weighted by Crippen LogP contribution is 2.36. The van der Waals surface area contributed by atoms with Crippen LogP contribution in [0.15, 0.2) is 23.2 Å². The second kappa shape index (κ2) is 6.51. The zero-order valence-electron chi connectivity index (χ0n) is 13.7. The number of likely N-dealkylation sites (tertiary alicyclic amines) is 1. The number of amides is 1. The number of piperidine rings is 1. The van der Waals surface area contributed by atoms with Gasteiger partial charge in [0.1, 0.15) is 5.03 Å². The number of benzene rings is 1. The van der Waals surface area contributed by atoms with E-state index in [9.17, 15) is 4.79 Å². The van der Waals surface area contributed by atoms with Crippen LogP contribution in [0.4, 0.5) is 0 Å². The molecule has 0 saturated carbocycles. The minimum atomic E-state index is 0.215. The molecule has 1 aromatic carbocycles. The quantitative estimate of drug-likeness (QED) is 0.799. The molecule has 1 amide bonds. The van der Waals surface area contributed by atoms with Crippen LogP contribution in [0.2, 0.25) is 0 Å². The normalized spacial score (nSPS) is 16.6. The molecule has 5 nitrogen and oxygen atoms in total. The van der Waals surface area contributed by atoms with Crippen molar-refractivity contribution in [1.29, 1.82) is 0 Å². The van der Waals surface area contributed by atoms with E-state index in [2.05, 4.69) is 6.07 Å². The number of fused-ring (bicyclic) bond motifs is 2. The first-order valence-corrected chi connectivity index (χ1v) is 9.31. The van der Waals surface area contributed by atoms with E-state index >= 15 is 0 Å². The SMILES string of the molecule is Cc1cc2cc3c(cc2nc1SCC(=O)N1CCCCC1)OCO3. The first-order valence-electron chi connectivity index (χ1n) is 8.32. The molecular formula is C18H20N2O3S. The Kier molecular flexibility index (Phi) is 4.22. The molecule has 1 aromatic heterocycles. The maximum absolute atomic E-state index is 12.3. The number of hydrogen-bond acceptors (Lipinski definition) is 5. The van der Waals surface area contributed by atoms with Crippen molar-refractivity contribution >= 4 is 28.6 Å². The average Bonchev–Trinajstić information content (AvgIpc) is 3.05. The highest BCUT2D eigenvalue weighted by molar-refractivity contribution is 7.99. The largest absolute Gasteiger partial charge is 0.454 e. The van der Waals surface area contributed by atoms with E-state index in [-0.39, 0.29) is 12.7 Å². The number of pyridine rings is 1. The van der Waals surface area contributed by atoms with Gasteiger partial charge in [-0.3, -0.25) is 4.79 Å². The summed E-state index contributed by atoms with van der Waals surface area (Å²) in [5.74, 6) is 2.17. The molecule has 0 spiro atoms. The molecule has 1 fully saturated rings. The first-order chi connectivity index (χ1) is 11.7. The molecule has 0 unspecified atom stereocenters. The predicted octanol–water partition coefficient (Wildman–Crippen LogP) is 3.38. The topological polar surface area (TPSA) is 51.7 Å². The molecule has 126 valence electrons. The van der Waals surface area contributed by atoms with E-state index in [1.807, 2.05) is 24.0 Å². The molecule has 2 aliphatic rings. The third-order valence-corrected chi connectivity index (χ3v) is 5.57. The number of carbonyl (C=O) groups is 1. The summed E-state index contributed by atoms with van der Waals surface area (Å²) < 4.78 is 10.8. The van der Waals surface area contributed by atoms with Crippen molar-refractivity contribution < 1.29 is 14.3 Å². The summed E-state index contributed by atoms with van der Waals surface area (Å²) in [5, 5.41) is 1.94. The van der Waals surface area contributed by atoms with Gasteiger partial charge in [0.15, 0.2) is 11.5 Å². The number of aryl methyl sites for hydroxylation is 1. The zero-order chi connectivity index (χ0) is 16.5. The Hall–Kier alpha value is -1.95. The van der Waals surface area contributed by atoms with Crippen LogP contribution in [0.25, 0.3) is 10.9 Å². The lowest BCUT2D eigenvalue weighted by atomic mass is 10.1. The predicted molar refractivity (Wildman–Crippen MR) is 93.8 cm³/mol. The van der Waals surface area contributed by atoms with Gasteiger partial charge in [0, 0.05) is 24.5 Å². The molecule has 6 heteroatoms. The van der Waals surface area contributed by atoms with Gasteiger partial charge in [-0.2, -0.15) is 0 Å². The van der Waals surface area contributed by atoms with Crippen LogP contribution in [0.3, 0.4) is 0 Å². The van der Waals surface area contributed by atoms with Crippen LogP contribution >= 0.6 is 11.8 Å². The van der Waals surface area contributed by atoms with Crippen molar-refractivity contribution in [1.82, 2.24) is 9.88 Å². The van der Waals surface area contributed by atoms with Crippen molar-refractivity contribution in [3.8, 4) is 11.5 Å². The molecule has 0 aliphatic carbocycles. The van der Waals surface area contributed by atoms with Crippen LogP contribution in [-0.2, 0) is 4.79 Å². The van der Waals surface area contributed by atoms with Gasteiger partial charge in [0.05, 0.1) is 11.3 Å². The smallest absolute Gasteiger partial charge is 0.232 e. The second-order valence-corrected chi connectivity index (χ2v) is 7.20. The average molecular weight is 344 g/mol. The monoisotopic (exact) mass is 344 g/mol. The molecule has 0 N–H and O–H groups in total. The lowest BCUT2D eigenvalue weighted by Gasteiger charge is -2.26. The van der Waals surface area contributed by atoms with E-state index in [4.69, 9.17) is 14.5 Å². The third kappa shape index (κ3) is 3.02. The molecule has 4 rings (SSSR count). The number of aromatic nitrogens is 1. The lowest BCUT2D eigenvalue weighted by molar-refractivity contribution is -0.129. The Bertz CT molecular complexity index is 787. The van der Waals surface area contributed by atoms with E-state index in [1.54, 1.807) is 0 Å². The van der Waals surface area contributed by atoms with Crippen molar-refractivity contribution in [2.45, 2.75) is 31.2 Å². The number of carbonyl (C=O) groups excluding carboxylic acids is 1. The van der Waals surface area contributed by atoms with Crippen molar-refractivity contribution in [2.75, 3.05) is 25.6 Å². The summed E-state index contributed by atoms with van der Waals surface area (Å²) >= 11 is 1.52. The summed E-state index contributed by atoms with van der Waals surface area (Å²) in [7, 11) is 0. The molecule has 0 bridgehead atoms. The highest BCUT2D eigenvalue weighted by Gasteiger charge is 2.18. The van der Waals surface area contributed by atoms with Gasteiger partial charge in [-0.15, -0.1) is 0 Å². The molecule has 3 heterocycles. The van der Waals surface area contributed by atoms with Gasteiger partial charge >= 0.3 is 0 Å². The standard InChI is InChI=1S/C18H20N2O3S/c1-12-7-13-8-15-16(23-11-22-15)9-14(13)19-18(12)24-10-17(21)20-5-3-2-4-6-20/h7-9H,2-6,10-11H2,1H3. The molecule has 0 atom stereocenters. The number of rotatable bonds is 3. The second-order valence-electron chi connectivity index (χ2n) is 6.24. The number of thioether (sulfide) groups is 1. The Morgan fingerprint density at radius 3 is 2.71 bits per heavy atom. The fourth-order valence-electron chi connectivity index (χ4n) is 3.16. The van der Waals surface area contributed by atoms with E-state index in [0.29, 0.717) is 5.75 Å². The lowest BCUT2D eigenvalue weighted by Crippen LogP contribution is -2.36. The molecule has 2 aromatic rings. The van der Waals surface area contributed by atoms with E-state index in [1.165, 1.54) is 18.2 Å². The van der Waals surface area contributed by atoms with Crippen molar-refractivity contribution in [2.24, 2.45) is 0 Å². The van der Waals surface area contributed by atoms with Crippen LogP contribution in [0.1, 0.15) is 24.8 Å². The fourth-order valence-corrected chi connectivity index (χ4v) is 4.06. The molecular weight excluding hydrogens is 324 g/mol. The fraction of sp³-hybridized carbons (Fsp3) is 0.444. The van der Waals surface area contributed by atoms with Crippen LogP contribution in [-0.4, -0.2) is 41.4 Å². The van der Waals surface area contributed by atoms with Crippen LogP contribution in [0, 0.1) is 6.92 Å². The number of nitrogens with zero attached hydrogens (tertiary/aromatic N) is 2. The molecule has 1 saturated heterocycles. The maximum atomic E-state index is 12.3. The third-order valence-electron chi connectivity index (χ3n) is 4.49. The minimum absolute atomic E-state index is 0.215. The summed E-state index contributed by atoms with van der Waals surface area (Å²) in [6.07, 6.45) is 3.48. The summed E-state index contributed by atoms with van der Waals surface area (Å²) in [6, 6.07) is 5.97. The van der Waals surface area contributed by atoms with Gasteiger partial charge in [0.25, 0.3) is 0 Å². The number of ether oxygens (including phenoxy) is 2. The Morgan fingerprint density at radius 1 is 1.17 bits per heavy atom. The molecule has 24 heavy (non-hydrogen) atoms. The van der Waals surface area contributed by atoms with Gasteiger partial charge in [0.2, 0.25) is 12.7 Å². The van der Waals surface area contributed by atoms with Gasteiger partial charge in [-0.1, -0.05) is 11.8 Å². The summed E-state index contributed by atoms with van der Waals surface area (Å²) in [6.45, 7) is 4.08. The van der Waals surface area contributed by atoms with Gasteiger partial charge in [-0.25, -0.2) is 4.98 Å². The Balaban J connectivity index is 1.52. The van der Waals surface area contributed by atoms with Crippen molar-refractivity contribution in [3.05, 3.63) is 23.8 Å². The zero-order valence-corrected chi connectivity index (χ0v) is 14.5. The first kappa shape index (κ1) is 15.6. The Labute approximate surface area is 145 Å². The summed E-state index contributed by atoms with van der Waals surface area (Å²) in [5.41, 5.74) is 1.95. The van der Waals surface area contributed by atoms with Gasteiger partial charge in [-0.05, 0) is 43.9 Å².